The van der Waals surface area contributed by atoms with Crippen molar-refractivity contribution in [2.24, 2.45) is 0 Å². The lowest BCUT2D eigenvalue weighted by Crippen LogP contribution is -1.86. The second-order valence-corrected chi connectivity index (χ2v) is 5.97. The summed E-state index contributed by atoms with van der Waals surface area (Å²) in [6.07, 6.45) is 8.50. The second-order valence-electron chi connectivity index (χ2n) is 3.71. The van der Waals surface area contributed by atoms with Crippen molar-refractivity contribution in [3.8, 4) is 0 Å². The summed E-state index contributed by atoms with van der Waals surface area (Å²) in [5.74, 6) is 1.52. The zero-order valence-corrected chi connectivity index (χ0v) is 10.3. The van der Waals surface area contributed by atoms with Crippen LogP contribution in [-0.2, 0) is 4.57 Å². The van der Waals surface area contributed by atoms with Gasteiger partial charge in [0.1, 0.15) is 0 Å². The van der Waals surface area contributed by atoms with E-state index in [-0.39, 0.29) is 0 Å². The van der Waals surface area contributed by atoms with E-state index in [4.69, 9.17) is 0 Å². The first-order valence-electron chi connectivity index (χ1n) is 5.61. The molecule has 2 nitrogen and oxygen atoms in total. The van der Waals surface area contributed by atoms with Gasteiger partial charge in [-0.2, -0.15) is 0 Å². The van der Waals surface area contributed by atoms with Gasteiger partial charge in [0.25, 0.3) is 0 Å². The van der Waals surface area contributed by atoms with Crippen LogP contribution in [-0.4, -0.2) is 11.1 Å². The third-order valence-corrected chi connectivity index (χ3v) is 3.76. The first kappa shape index (κ1) is 13.9. The van der Waals surface area contributed by atoms with E-state index >= 15 is 0 Å². The molecule has 1 unspecified atom stereocenters. The maximum Gasteiger partial charge on any atom is 0.222 e. The normalized spacial score (nSPS) is 15.9. The summed E-state index contributed by atoms with van der Waals surface area (Å²) in [5.41, 5.74) is 0. The molecule has 0 amide bonds. The number of unbranched alkanes of at least 4 members (excludes halogenated alkanes) is 4. The summed E-state index contributed by atoms with van der Waals surface area (Å²) in [7, 11) is -2.94. The van der Waals surface area contributed by atoms with Gasteiger partial charge in [0.15, 0.2) is 0 Å². The van der Waals surface area contributed by atoms with E-state index in [0.29, 0.717) is 6.16 Å². The summed E-state index contributed by atoms with van der Waals surface area (Å²) in [6.45, 7) is 4.20. The molecule has 0 aromatic heterocycles. The lowest BCUT2D eigenvalue weighted by molar-refractivity contribution is 0.485. The summed E-state index contributed by atoms with van der Waals surface area (Å²) in [6, 6.07) is 0. The smallest absolute Gasteiger partial charge is 0.222 e. The molecule has 0 rings (SSSR count). The zero-order chi connectivity index (χ0) is 10.9. The minimum atomic E-state index is -2.94. The van der Waals surface area contributed by atoms with Gasteiger partial charge in [-0.15, -0.1) is 0 Å². The Morgan fingerprint density at radius 3 is 2.43 bits per heavy atom. The first-order chi connectivity index (χ1) is 6.62. The van der Waals surface area contributed by atoms with Gasteiger partial charge in [0, 0.05) is 6.16 Å². The maximum absolute atomic E-state index is 11.5. The van der Waals surface area contributed by atoms with Crippen molar-refractivity contribution in [3.63, 3.8) is 0 Å². The van der Waals surface area contributed by atoms with E-state index in [9.17, 15) is 9.46 Å². The fraction of sp³-hybridized carbons (Fsp3) is 0.818. The molecule has 0 heterocycles. The Balaban J connectivity index is 3.66. The van der Waals surface area contributed by atoms with E-state index in [0.717, 1.165) is 25.7 Å². The van der Waals surface area contributed by atoms with Crippen LogP contribution >= 0.6 is 7.37 Å². The largest absolute Gasteiger partial charge is 0.341 e. The van der Waals surface area contributed by atoms with Crippen molar-refractivity contribution in [3.05, 3.63) is 11.9 Å². The highest BCUT2D eigenvalue weighted by Gasteiger charge is 2.11. The summed E-state index contributed by atoms with van der Waals surface area (Å²) >= 11 is 0. The Kier molecular flexibility index (Phi) is 8.21. The Morgan fingerprint density at radius 1 is 1.14 bits per heavy atom. The molecule has 0 bridgehead atoms. The molecule has 0 aromatic carbocycles. The molecule has 0 spiro atoms. The van der Waals surface area contributed by atoms with Gasteiger partial charge in [0.2, 0.25) is 7.37 Å². The molecule has 1 atom stereocenters. The van der Waals surface area contributed by atoms with Crippen molar-refractivity contribution >= 4 is 7.37 Å². The molecule has 1 N–H and O–H groups in total. The predicted octanol–water partition coefficient (Wildman–Crippen LogP) is 4.15. The van der Waals surface area contributed by atoms with Crippen molar-refractivity contribution < 1.29 is 9.46 Å². The Morgan fingerprint density at radius 2 is 1.86 bits per heavy atom. The third kappa shape index (κ3) is 8.52. The summed E-state index contributed by atoms with van der Waals surface area (Å²) in [4.78, 5) is 9.51. The van der Waals surface area contributed by atoms with Crippen molar-refractivity contribution in [2.75, 3.05) is 6.16 Å². The van der Waals surface area contributed by atoms with Crippen LogP contribution in [0.25, 0.3) is 0 Å². The monoisotopic (exact) mass is 218 g/mol. The van der Waals surface area contributed by atoms with E-state index in [2.05, 4.69) is 13.8 Å². The van der Waals surface area contributed by atoms with Crippen molar-refractivity contribution in [1.29, 1.82) is 0 Å². The SMILES string of the molecule is CCCC=CP(=O)(O)CCCCCC. The van der Waals surface area contributed by atoms with E-state index in [1.54, 1.807) is 0 Å². The van der Waals surface area contributed by atoms with Crippen LogP contribution in [0.2, 0.25) is 0 Å². The van der Waals surface area contributed by atoms with Crippen LogP contribution < -0.4 is 0 Å². The predicted molar refractivity (Wildman–Crippen MR) is 62.9 cm³/mol. The molecule has 0 aromatic rings. The number of allylic oxidation sites excluding steroid dienone is 1. The lowest BCUT2D eigenvalue weighted by Gasteiger charge is -2.05. The minimum Gasteiger partial charge on any atom is -0.341 e. The highest BCUT2D eigenvalue weighted by molar-refractivity contribution is 7.61. The Bertz CT molecular complexity index is 199. The highest BCUT2D eigenvalue weighted by atomic mass is 31.2. The first-order valence-corrected chi connectivity index (χ1v) is 7.53. The molecule has 0 saturated heterocycles. The molecule has 14 heavy (non-hydrogen) atoms. The van der Waals surface area contributed by atoms with E-state index < -0.39 is 7.37 Å². The van der Waals surface area contributed by atoms with E-state index in [1.807, 2.05) is 6.08 Å². The standard InChI is InChI=1S/C11H23O2P/c1-3-5-7-9-11-14(12,13)10-8-6-4-2/h8,10H,3-7,9,11H2,1-2H3,(H,12,13). The maximum atomic E-state index is 11.5. The van der Waals surface area contributed by atoms with Crippen LogP contribution in [0.5, 0.6) is 0 Å². The number of hydrogen-bond donors (Lipinski definition) is 1. The second kappa shape index (κ2) is 8.26. The van der Waals surface area contributed by atoms with Gasteiger partial charge in [-0.25, -0.2) is 0 Å². The van der Waals surface area contributed by atoms with Gasteiger partial charge in [0.05, 0.1) is 0 Å². The van der Waals surface area contributed by atoms with Crippen LogP contribution in [0.15, 0.2) is 11.9 Å². The average Bonchev–Trinajstić information content (AvgIpc) is 2.13. The fourth-order valence-corrected chi connectivity index (χ4v) is 2.55. The molecule has 3 heteroatoms. The quantitative estimate of drug-likeness (QED) is 0.491. The van der Waals surface area contributed by atoms with E-state index in [1.165, 1.54) is 18.7 Å². The van der Waals surface area contributed by atoms with Gasteiger partial charge >= 0.3 is 0 Å². The molecular weight excluding hydrogens is 195 g/mol. The Labute approximate surface area is 87.9 Å². The number of rotatable bonds is 8. The summed E-state index contributed by atoms with van der Waals surface area (Å²) < 4.78 is 11.5. The molecular formula is C11H23O2P. The minimum absolute atomic E-state index is 0.452. The Hall–Kier alpha value is -0.0700. The van der Waals surface area contributed by atoms with Crippen molar-refractivity contribution in [2.45, 2.75) is 52.4 Å². The molecule has 0 fully saturated rings. The lowest BCUT2D eigenvalue weighted by atomic mass is 10.2. The number of hydrogen-bond acceptors (Lipinski definition) is 1. The zero-order valence-electron chi connectivity index (χ0n) is 9.41. The topological polar surface area (TPSA) is 37.3 Å². The summed E-state index contributed by atoms with van der Waals surface area (Å²) in [5, 5.41) is 0. The third-order valence-electron chi connectivity index (χ3n) is 2.13. The van der Waals surface area contributed by atoms with Gasteiger partial charge in [-0.3, -0.25) is 4.57 Å². The molecule has 0 aliphatic heterocycles. The molecule has 0 aliphatic carbocycles. The highest BCUT2D eigenvalue weighted by Crippen LogP contribution is 2.43. The van der Waals surface area contributed by atoms with Crippen LogP contribution in [0.1, 0.15) is 52.4 Å². The average molecular weight is 218 g/mol. The van der Waals surface area contributed by atoms with Gasteiger partial charge in [-0.05, 0) is 18.7 Å². The van der Waals surface area contributed by atoms with Crippen LogP contribution in [0.4, 0.5) is 0 Å². The molecule has 0 radical (unpaired) electrons. The molecule has 0 saturated carbocycles. The van der Waals surface area contributed by atoms with Gasteiger partial charge < -0.3 is 4.89 Å². The fourth-order valence-electron chi connectivity index (χ4n) is 1.25. The van der Waals surface area contributed by atoms with Gasteiger partial charge in [-0.1, -0.05) is 45.6 Å². The van der Waals surface area contributed by atoms with Crippen LogP contribution in [0, 0.1) is 0 Å². The van der Waals surface area contributed by atoms with Crippen LogP contribution in [0.3, 0.4) is 0 Å². The molecule has 84 valence electrons. The molecule has 0 aliphatic rings. The van der Waals surface area contributed by atoms with Crippen molar-refractivity contribution in [1.82, 2.24) is 0 Å².